The van der Waals surface area contributed by atoms with Gasteiger partial charge < -0.3 is 5.73 Å². The summed E-state index contributed by atoms with van der Waals surface area (Å²) in [6, 6.07) is 15.3. The third kappa shape index (κ3) is 2.98. The molecule has 0 atom stereocenters. The van der Waals surface area contributed by atoms with E-state index >= 15 is 0 Å². The van der Waals surface area contributed by atoms with Crippen molar-refractivity contribution in [1.29, 1.82) is 0 Å². The largest absolute Gasteiger partial charge is 0.382 e. The number of nitrogens with two attached hydrogens (primary N) is 1. The van der Waals surface area contributed by atoms with Crippen LogP contribution in [0, 0.1) is 17.0 Å². The molecule has 120 valence electrons. The van der Waals surface area contributed by atoms with Crippen molar-refractivity contribution < 1.29 is 4.92 Å². The van der Waals surface area contributed by atoms with Gasteiger partial charge in [0.15, 0.2) is 11.5 Å². The zero-order chi connectivity index (χ0) is 17.1. The third-order valence-electron chi connectivity index (χ3n) is 3.37. The Morgan fingerprint density at radius 2 is 1.88 bits per heavy atom. The maximum atomic E-state index is 10.8. The number of nitro benzene ring substituents is 1. The number of benzene rings is 2. The Labute approximate surface area is 137 Å². The molecule has 8 heteroatoms. The molecule has 0 amide bonds. The molecule has 0 aliphatic carbocycles. The Morgan fingerprint density at radius 1 is 1.12 bits per heavy atom. The predicted molar refractivity (Wildman–Crippen MR) is 90.0 cm³/mol. The summed E-state index contributed by atoms with van der Waals surface area (Å²) in [5.41, 5.74) is 8.31. The molecule has 1 heterocycles. The lowest BCUT2D eigenvalue weighted by Crippen LogP contribution is -2.01. The summed E-state index contributed by atoms with van der Waals surface area (Å²) < 4.78 is 1.58. The zero-order valence-corrected chi connectivity index (χ0v) is 12.8. The van der Waals surface area contributed by atoms with Gasteiger partial charge in [0.25, 0.3) is 5.69 Å². The standard InChI is InChI=1S/C16H14N6O2/c1-11-15(16(17)21(20-11)13-7-3-2-4-8-13)19-18-12-6-5-9-14(10-12)22(23)24/h2-10H,17H2,1H3. The highest BCUT2D eigenvalue weighted by molar-refractivity contribution is 5.64. The van der Waals surface area contributed by atoms with Crippen LogP contribution in [0.4, 0.5) is 22.9 Å². The second-order valence-corrected chi connectivity index (χ2v) is 5.04. The quantitative estimate of drug-likeness (QED) is 0.443. The fourth-order valence-electron chi connectivity index (χ4n) is 2.20. The van der Waals surface area contributed by atoms with Gasteiger partial charge in [0.2, 0.25) is 0 Å². The molecular weight excluding hydrogens is 308 g/mol. The number of anilines is 1. The predicted octanol–water partition coefficient (Wildman–Crippen LogP) is 4.09. The molecule has 0 fully saturated rings. The van der Waals surface area contributed by atoms with Crippen LogP contribution in [-0.2, 0) is 0 Å². The van der Waals surface area contributed by atoms with E-state index in [0.717, 1.165) is 5.69 Å². The molecule has 8 nitrogen and oxygen atoms in total. The molecule has 0 saturated heterocycles. The third-order valence-corrected chi connectivity index (χ3v) is 3.37. The van der Waals surface area contributed by atoms with E-state index in [1.54, 1.807) is 23.7 Å². The number of hydrogen-bond acceptors (Lipinski definition) is 6. The fraction of sp³-hybridized carbons (Fsp3) is 0.0625. The topological polar surface area (TPSA) is 112 Å². The number of aryl methyl sites for hydroxylation is 1. The van der Waals surface area contributed by atoms with E-state index in [1.807, 2.05) is 30.3 Å². The van der Waals surface area contributed by atoms with Crippen molar-refractivity contribution in [3.63, 3.8) is 0 Å². The molecule has 0 saturated carbocycles. The number of nitrogen functional groups attached to an aromatic ring is 1. The molecule has 2 aromatic carbocycles. The number of rotatable bonds is 4. The average Bonchev–Trinajstić information content (AvgIpc) is 2.88. The van der Waals surface area contributed by atoms with E-state index in [4.69, 9.17) is 5.73 Å². The van der Waals surface area contributed by atoms with Crippen molar-refractivity contribution in [1.82, 2.24) is 9.78 Å². The van der Waals surface area contributed by atoms with Gasteiger partial charge >= 0.3 is 0 Å². The highest BCUT2D eigenvalue weighted by Crippen LogP contribution is 2.30. The average molecular weight is 322 g/mol. The Balaban J connectivity index is 1.95. The summed E-state index contributed by atoms with van der Waals surface area (Å²) >= 11 is 0. The van der Waals surface area contributed by atoms with E-state index in [1.165, 1.54) is 12.1 Å². The van der Waals surface area contributed by atoms with Gasteiger partial charge in [-0.2, -0.15) is 10.2 Å². The number of azo groups is 1. The molecule has 0 aliphatic heterocycles. The van der Waals surface area contributed by atoms with Gasteiger partial charge in [-0.1, -0.05) is 24.3 Å². The summed E-state index contributed by atoms with van der Waals surface area (Å²) in [5.74, 6) is 0.355. The summed E-state index contributed by atoms with van der Waals surface area (Å²) in [6.07, 6.45) is 0. The number of nitrogens with zero attached hydrogens (tertiary/aromatic N) is 5. The summed E-state index contributed by atoms with van der Waals surface area (Å²) in [6.45, 7) is 1.78. The highest BCUT2D eigenvalue weighted by atomic mass is 16.6. The van der Waals surface area contributed by atoms with Crippen molar-refractivity contribution in [2.24, 2.45) is 10.2 Å². The second-order valence-electron chi connectivity index (χ2n) is 5.04. The van der Waals surface area contributed by atoms with Crippen molar-refractivity contribution >= 4 is 22.9 Å². The molecule has 0 unspecified atom stereocenters. The van der Waals surface area contributed by atoms with Crippen LogP contribution in [0.25, 0.3) is 5.69 Å². The fourth-order valence-corrected chi connectivity index (χ4v) is 2.20. The van der Waals surface area contributed by atoms with E-state index in [2.05, 4.69) is 15.3 Å². The molecule has 0 radical (unpaired) electrons. The Hall–Kier alpha value is -3.55. The van der Waals surface area contributed by atoms with Crippen molar-refractivity contribution in [3.8, 4) is 5.69 Å². The highest BCUT2D eigenvalue weighted by Gasteiger charge is 2.13. The van der Waals surface area contributed by atoms with Gasteiger partial charge in [-0.05, 0) is 25.1 Å². The normalized spacial score (nSPS) is 11.0. The first-order valence-electron chi connectivity index (χ1n) is 7.13. The number of non-ortho nitro benzene ring substituents is 1. The van der Waals surface area contributed by atoms with Gasteiger partial charge in [0, 0.05) is 12.1 Å². The van der Waals surface area contributed by atoms with E-state index in [9.17, 15) is 10.1 Å². The summed E-state index contributed by atoms with van der Waals surface area (Å²) in [5, 5.41) is 23.3. The summed E-state index contributed by atoms with van der Waals surface area (Å²) in [7, 11) is 0. The SMILES string of the molecule is Cc1nn(-c2ccccc2)c(N)c1N=Nc1cccc([N+](=O)[O-])c1. The first-order chi connectivity index (χ1) is 11.6. The Morgan fingerprint density at radius 3 is 2.58 bits per heavy atom. The van der Waals surface area contributed by atoms with Gasteiger partial charge in [-0.15, -0.1) is 5.11 Å². The lowest BCUT2D eigenvalue weighted by molar-refractivity contribution is -0.384. The molecule has 3 aromatic rings. The monoisotopic (exact) mass is 322 g/mol. The van der Waals surface area contributed by atoms with Crippen LogP contribution in [0.5, 0.6) is 0 Å². The van der Waals surface area contributed by atoms with E-state index in [0.29, 0.717) is 22.9 Å². The minimum atomic E-state index is -0.480. The molecule has 0 bridgehead atoms. The molecule has 2 N–H and O–H groups in total. The van der Waals surface area contributed by atoms with Crippen LogP contribution in [0.3, 0.4) is 0 Å². The van der Waals surface area contributed by atoms with Gasteiger partial charge in [-0.25, -0.2) is 4.68 Å². The van der Waals surface area contributed by atoms with Crippen LogP contribution in [0.2, 0.25) is 0 Å². The van der Waals surface area contributed by atoms with Crippen LogP contribution < -0.4 is 5.73 Å². The van der Waals surface area contributed by atoms with E-state index in [-0.39, 0.29) is 5.69 Å². The van der Waals surface area contributed by atoms with Crippen molar-refractivity contribution in [3.05, 3.63) is 70.4 Å². The van der Waals surface area contributed by atoms with E-state index < -0.39 is 4.92 Å². The minimum absolute atomic E-state index is 0.0453. The van der Waals surface area contributed by atoms with Crippen LogP contribution >= 0.6 is 0 Å². The molecule has 3 rings (SSSR count). The molecule has 0 aliphatic rings. The maximum absolute atomic E-state index is 10.8. The second kappa shape index (κ2) is 6.29. The first kappa shape index (κ1) is 15.3. The Bertz CT molecular complexity index is 918. The molecule has 0 spiro atoms. The number of para-hydroxylation sites is 1. The zero-order valence-electron chi connectivity index (χ0n) is 12.8. The summed E-state index contributed by atoms with van der Waals surface area (Å²) in [4.78, 5) is 10.3. The number of nitro groups is 1. The molecule has 1 aromatic heterocycles. The Kier molecular flexibility index (Phi) is 4.02. The molecular formula is C16H14N6O2. The van der Waals surface area contributed by atoms with Gasteiger partial charge in [0.05, 0.1) is 22.0 Å². The van der Waals surface area contributed by atoms with Crippen molar-refractivity contribution in [2.45, 2.75) is 6.92 Å². The van der Waals surface area contributed by atoms with Crippen LogP contribution in [0.1, 0.15) is 5.69 Å². The van der Waals surface area contributed by atoms with Gasteiger partial charge in [0.1, 0.15) is 0 Å². The number of hydrogen-bond donors (Lipinski definition) is 1. The smallest absolute Gasteiger partial charge is 0.271 e. The van der Waals surface area contributed by atoms with Crippen LogP contribution in [-0.4, -0.2) is 14.7 Å². The minimum Gasteiger partial charge on any atom is -0.382 e. The lowest BCUT2D eigenvalue weighted by Gasteiger charge is -2.02. The number of aromatic nitrogens is 2. The molecule has 24 heavy (non-hydrogen) atoms. The lowest BCUT2D eigenvalue weighted by atomic mass is 10.3. The van der Waals surface area contributed by atoms with Crippen molar-refractivity contribution in [2.75, 3.05) is 5.73 Å². The first-order valence-corrected chi connectivity index (χ1v) is 7.13. The maximum Gasteiger partial charge on any atom is 0.271 e. The van der Waals surface area contributed by atoms with Gasteiger partial charge in [-0.3, -0.25) is 10.1 Å². The van der Waals surface area contributed by atoms with Crippen LogP contribution in [0.15, 0.2) is 64.8 Å².